The highest BCUT2D eigenvalue weighted by atomic mass is 28.4. The number of rotatable bonds is 5. The molecule has 0 saturated carbocycles. The van der Waals surface area contributed by atoms with Gasteiger partial charge >= 0.3 is 6.47 Å². The Labute approximate surface area is 82.8 Å². The van der Waals surface area contributed by atoms with Crippen LogP contribution in [0.3, 0.4) is 0 Å². The van der Waals surface area contributed by atoms with Gasteiger partial charge in [0.1, 0.15) is 0 Å². The predicted molar refractivity (Wildman–Crippen MR) is 57.8 cm³/mol. The molecule has 2 nitrogen and oxygen atoms in total. The van der Waals surface area contributed by atoms with Crippen LogP contribution in [0.4, 0.5) is 0 Å². The molecule has 1 radical (unpaired) electrons. The molecule has 0 aromatic rings. The SMILES string of the molecule is CC(C)[Si](O[C]=O)(C(C)C)C(C)C. The van der Waals surface area contributed by atoms with Crippen molar-refractivity contribution in [1.82, 2.24) is 0 Å². The summed E-state index contributed by atoms with van der Waals surface area (Å²) in [4.78, 5) is 10.4. The average molecular weight is 201 g/mol. The molecule has 0 bridgehead atoms. The molecule has 0 amide bonds. The van der Waals surface area contributed by atoms with E-state index in [2.05, 4.69) is 41.5 Å². The lowest BCUT2D eigenvalue weighted by molar-refractivity contribution is 0.408. The predicted octanol–water partition coefficient (Wildman–Crippen LogP) is 3.25. The van der Waals surface area contributed by atoms with Crippen LogP contribution in [0.5, 0.6) is 0 Å². The first-order chi connectivity index (χ1) is 5.89. The molecule has 0 aliphatic heterocycles. The monoisotopic (exact) mass is 201 g/mol. The Balaban J connectivity index is 4.92. The molecule has 0 rings (SSSR count). The minimum absolute atomic E-state index is 0.453. The molecule has 0 aromatic heterocycles. The summed E-state index contributed by atoms with van der Waals surface area (Å²) >= 11 is 0. The van der Waals surface area contributed by atoms with E-state index >= 15 is 0 Å². The lowest BCUT2D eigenvalue weighted by atomic mass is 10.5. The molecule has 13 heavy (non-hydrogen) atoms. The van der Waals surface area contributed by atoms with Crippen LogP contribution in [-0.4, -0.2) is 14.8 Å². The van der Waals surface area contributed by atoms with Crippen molar-refractivity contribution in [2.75, 3.05) is 0 Å². The molecule has 0 aromatic carbocycles. The topological polar surface area (TPSA) is 26.3 Å². The van der Waals surface area contributed by atoms with Crippen molar-refractivity contribution in [1.29, 1.82) is 0 Å². The first-order valence-electron chi connectivity index (χ1n) is 4.94. The molecular formula is C10H21O2Si. The van der Waals surface area contributed by atoms with Crippen molar-refractivity contribution >= 4 is 14.8 Å². The molecule has 0 atom stereocenters. The van der Waals surface area contributed by atoms with Gasteiger partial charge in [0, 0.05) is 0 Å². The Bertz CT molecular complexity index is 143. The number of hydrogen-bond donors (Lipinski definition) is 0. The van der Waals surface area contributed by atoms with Gasteiger partial charge in [-0.25, -0.2) is 4.79 Å². The molecule has 0 unspecified atom stereocenters. The van der Waals surface area contributed by atoms with Gasteiger partial charge in [0.25, 0.3) is 8.32 Å². The molecule has 0 heterocycles. The second-order valence-corrected chi connectivity index (χ2v) is 9.88. The van der Waals surface area contributed by atoms with Crippen LogP contribution < -0.4 is 0 Å². The Hall–Kier alpha value is -0.313. The molecular weight excluding hydrogens is 180 g/mol. The normalized spacial score (nSPS) is 12.7. The molecule has 0 spiro atoms. The minimum Gasteiger partial charge on any atom is -0.510 e. The highest BCUT2D eigenvalue weighted by Gasteiger charge is 2.46. The Kier molecular flexibility index (Phi) is 4.68. The van der Waals surface area contributed by atoms with E-state index < -0.39 is 8.32 Å². The smallest absolute Gasteiger partial charge is 0.402 e. The maximum absolute atomic E-state index is 10.4. The molecule has 0 aliphatic carbocycles. The summed E-state index contributed by atoms with van der Waals surface area (Å²) in [5, 5.41) is 0. The van der Waals surface area contributed by atoms with Crippen LogP contribution >= 0.6 is 0 Å². The van der Waals surface area contributed by atoms with E-state index in [0.29, 0.717) is 16.6 Å². The number of carbonyl (C=O) groups excluding carboxylic acids is 1. The van der Waals surface area contributed by atoms with E-state index in [9.17, 15) is 4.79 Å². The van der Waals surface area contributed by atoms with Crippen LogP contribution in [0.1, 0.15) is 41.5 Å². The second kappa shape index (κ2) is 4.79. The molecule has 0 N–H and O–H groups in total. The zero-order valence-corrected chi connectivity index (χ0v) is 10.5. The second-order valence-electron chi connectivity index (χ2n) is 4.50. The number of hydrogen-bond acceptors (Lipinski definition) is 2. The van der Waals surface area contributed by atoms with Crippen molar-refractivity contribution < 1.29 is 9.22 Å². The van der Waals surface area contributed by atoms with E-state index in [1.807, 2.05) is 0 Å². The van der Waals surface area contributed by atoms with Crippen molar-refractivity contribution in [3.05, 3.63) is 0 Å². The van der Waals surface area contributed by atoms with Gasteiger partial charge in [-0.15, -0.1) is 0 Å². The quantitative estimate of drug-likeness (QED) is 0.638. The van der Waals surface area contributed by atoms with Crippen LogP contribution in [0.15, 0.2) is 0 Å². The van der Waals surface area contributed by atoms with Crippen molar-refractivity contribution in [2.24, 2.45) is 0 Å². The zero-order chi connectivity index (χ0) is 10.6. The summed E-state index contributed by atoms with van der Waals surface area (Å²) in [6, 6.07) is 0. The standard InChI is InChI=1S/C10H21O2Si/c1-8(2)13(9(3)4,10(5)6)12-7-11/h8-10H,1-6H3. The Morgan fingerprint density at radius 2 is 1.23 bits per heavy atom. The van der Waals surface area contributed by atoms with Gasteiger partial charge < -0.3 is 4.43 Å². The van der Waals surface area contributed by atoms with Gasteiger partial charge in [-0.1, -0.05) is 41.5 Å². The third kappa shape index (κ3) is 2.33. The first-order valence-corrected chi connectivity index (χ1v) is 7.08. The molecule has 77 valence electrons. The summed E-state index contributed by atoms with van der Waals surface area (Å²) in [6.45, 7) is 14.5. The molecule has 0 fully saturated rings. The molecule has 3 heteroatoms. The third-order valence-corrected chi connectivity index (χ3v) is 8.78. The van der Waals surface area contributed by atoms with E-state index in [4.69, 9.17) is 4.43 Å². The Morgan fingerprint density at radius 3 is 1.31 bits per heavy atom. The fourth-order valence-electron chi connectivity index (χ4n) is 2.43. The highest BCUT2D eigenvalue weighted by molar-refractivity contribution is 6.78. The van der Waals surface area contributed by atoms with Gasteiger partial charge in [0.2, 0.25) is 0 Å². The van der Waals surface area contributed by atoms with E-state index in [0.717, 1.165) is 0 Å². The summed E-state index contributed by atoms with van der Waals surface area (Å²) in [6.07, 6.45) is 0. The summed E-state index contributed by atoms with van der Waals surface area (Å²) in [5.74, 6) is 0. The first kappa shape index (κ1) is 12.7. The van der Waals surface area contributed by atoms with Crippen LogP contribution in [-0.2, 0) is 9.22 Å². The van der Waals surface area contributed by atoms with E-state index in [1.165, 1.54) is 0 Å². The average Bonchev–Trinajstić information content (AvgIpc) is 1.97. The molecule has 0 aliphatic rings. The fourth-order valence-corrected chi connectivity index (χ4v) is 7.28. The third-order valence-electron chi connectivity index (χ3n) is 2.93. The molecule has 0 saturated heterocycles. The summed E-state index contributed by atoms with van der Waals surface area (Å²) in [5.41, 5.74) is 1.36. The van der Waals surface area contributed by atoms with E-state index in [1.54, 1.807) is 6.47 Å². The minimum atomic E-state index is -1.95. The summed E-state index contributed by atoms with van der Waals surface area (Å²) in [7, 11) is -1.95. The van der Waals surface area contributed by atoms with Gasteiger partial charge in [-0.05, 0) is 16.6 Å². The van der Waals surface area contributed by atoms with Gasteiger partial charge in [-0.3, -0.25) is 0 Å². The van der Waals surface area contributed by atoms with Crippen LogP contribution in [0.2, 0.25) is 16.6 Å². The van der Waals surface area contributed by atoms with Crippen molar-refractivity contribution in [3.63, 3.8) is 0 Å². The highest BCUT2D eigenvalue weighted by Crippen LogP contribution is 2.41. The van der Waals surface area contributed by atoms with E-state index in [-0.39, 0.29) is 0 Å². The van der Waals surface area contributed by atoms with Crippen LogP contribution in [0.25, 0.3) is 0 Å². The summed E-state index contributed by atoms with van der Waals surface area (Å²) < 4.78 is 5.35. The largest absolute Gasteiger partial charge is 0.510 e. The maximum atomic E-state index is 10.4. The van der Waals surface area contributed by atoms with Gasteiger partial charge in [0.15, 0.2) is 0 Å². The van der Waals surface area contributed by atoms with Crippen LogP contribution in [0, 0.1) is 0 Å². The fraction of sp³-hybridized carbons (Fsp3) is 0.900. The lowest BCUT2D eigenvalue weighted by Gasteiger charge is -2.39. The van der Waals surface area contributed by atoms with Crippen molar-refractivity contribution in [3.8, 4) is 0 Å². The Morgan fingerprint density at radius 1 is 0.923 bits per heavy atom. The zero-order valence-electron chi connectivity index (χ0n) is 9.55. The van der Waals surface area contributed by atoms with Gasteiger partial charge in [-0.2, -0.15) is 0 Å². The van der Waals surface area contributed by atoms with Crippen molar-refractivity contribution in [2.45, 2.75) is 58.2 Å². The van der Waals surface area contributed by atoms with Gasteiger partial charge in [0.05, 0.1) is 0 Å². The maximum Gasteiger partial charge on any atom is 0.402 e. The lowest BCUT2D eigenvalue weighted by Crippen LogP contribution is -2.47.